The Morgan fingerprint density at radius 2 is 1.56 bits per heavy atom. The molecule has 1 atom stereocenters. The summed E-state index contributed by atoms with van der Waals surface area (Å²) < 4.78 is 5.10. The van der Waals surface area contributed by atoms with Crippen LogP contribution in [0.2, 0.25) is 0 Å². The Bertz CT molecular complexity index is 725. The van der Waals surface area contributed by atoms with Crippen LogP contribution in [0.5, 0.6) is 5.75 Å². The number of benzene rings is 2. The van der Waals surface area contributed by atoms with Crippen molar-refractivity contribution in [3.63, 3.8) is 0 Å². The molecular formula is C19H23N3O3. The third-order valence-electron chi connectivity index (χ3n) is 3.81. The second-order valence-electron chi connectivity index (χ2n) is 5.86. The van der Waals surface area contributed by atoms with Gasteiger partial charge in [0.1, 0.15) is 5.75 Å². The SMILES string of the molecule is COc1ccc(C(C)NC(=O)C(=O)Nc2ccc(N(C)C)cc2)cc1. The smallest absolute Gasteiger partial charge is 0.313 e. The van der Waals surface area contributed by atoms with Crippen LogP contribution in [0.4, 0.5) is 11.4 Å². The number of hydrogen-bond donors (Lipinski definition) is 2. The summed E-state index contributed by atoms with van der Waals surface area (Å²) in [5.74, 6) is -0.640. The van der Waals surface area contributed by atoms with Crippen molar-refractivity contribution < 1.29 is 14.3 Å². The molecule has 6 heteroatoms. The van der Waals surface area contributed by atoms with E-state index in [9.17, 15) is 9.59 Å². The van der Waals surface area contributed by atoms with Gasteiger partial charge in [-0.15, -0.1) is 0 Å². The molecule has 0 spiro atoms. The fourth-order valence-electron chi connectivity index (χ4n) is 2.27. The van der Waals surface area contributed by atoms with E-state index in [1.807, 2.05) is 62.3 Å². The second kappa shape index (κ2) is 8.19. The van der Waals surface area contributed by atoms with E-state index in [1.165, 1.54) is 0 Å². The molecule has 0 saturated carbocycles. The van der Waals surface area contributed by atoms with Crippen molar-refractivity contribution in [3.8, 4) is 5.75 Å². The topological polar surface area (TPSA) is 70.7 Å². The van der Waals surface area contributed by atoms with Gasteiger partial charge in [-0.1, -0.05) is 12.1 Å². The average Bonchev–Trinajstić information content (AvgIpc) is 2.62. The predicted molar refractivity (Wildman–Crippen MR) is 99.0 cm³/mol. The second-order valence-corrected chi connectivity index (χ2v) is 5.86. The van der Waals surface area contributed by atoms with E-state index in [0.717, 1.165) is 17.0 Å². The van der Waals surface area contributed by atoms with Crippen molar-refractivity contribution in [2.24, 2.45) is 0 Å². The molecule has 132 valence electrons. The number of nitrogens with zero attached hydrogens (tertiary/aromatic N) is 1. The Balaban J connectivity index is 1.93. The van der Waals surface area contributed by atoms with Gasteiger partial charge in [0, 0.05) is 25.5 Å². The summed E-state index contributed by atoms with van der Waals surface area (Å²) in [5, 5.41) is 5.28. The Labute approximate surface area is 147 Å². The molecule has 2 rings (SSSR count). The molecule has 0 fully saturated rings. The van der Waals surface area contributed by atoms with Crippen LogP contribution in [0.15, 0.2) is 48.5 Å². The van der Waals surface area contributed by atoms with Crippen LogP contribution in [0.1, 0.15) is 18.5 Å². The van der Waals surface area contributed by atoms with Gasteiger partial charge in [-0.3, -0.25) is 9.59 Å². The van der Waals surface area contributed by atoms with Crippen LogP contribution >= 0.6 is 0 Å². The maximum absolute atomic E-state index is 12.1. The Morgan fingerprint density at radius 3 is 2.08 bits per heavy atom. The molecule has 25 heavy (non-hydrogen) atoms. The summed E-state index contributed by atoms with van der Waals surface area (Å²) in [6.45, 7) is 1.82. The standard InChI is InChI=1S/C19H23N3O3/c1-13(14-5-11-17(25-4)12-6-14)20-18(23)19(24)21-15-7-9-16(10-8-15)22(2)3/h5-13H,1-4H3,(H,20,23)(H,21,24). The highest BCUT2D eigenvalue weighted by atomic mass is 16.5. The zero-order valence-corrected chi connectivity index (χ0v) is 14.9. The van der Waals surface area contributed by atoms with Crippen LogP contribution in [0.25, 0.3) is 0 Å². The third-order valence-corrected chi connectivity index (χ3v) is 3.81. The van der Waals surface area contributed by atoms with E-state index in [-0.39, 0.29) is 6.04 Å². The Kier molecular flexibility index (Phi) is 6.00. The normalized spacial score (nSPS) is 11.4. The summed E-state index contributed by atoms with van der Waals surface area (Å²) in [6, 6.07) is 14.3. The molecular weight excluding hydrogens is 318 g/mol. The highest BCUT2D eigenvalue weighted by molar-refractivity contribution is 6.39. The van der Waals surface area contributed by atoms with Crippen LogP contribution in [0, 0.1) is 0 Å². The minimum absolute atomic E-state index is 0.291. The van der Waals surface area contributed by atoms with Gasteiger partial charge in [-0.25, -0.2) is 0 Å². The first-order chi connectivity index (χ1) is 11.9. The minimum Gasteiger partial charge on any atom is -0.497 e. The maximum Gasteiger partial charge on any atom is 0.313 e. The van der Waals surface area contributed by atoms with E-state index in [1.54, 1.807) is 19.2 Å². The molecule has 0 aliphatic carbocycles. The molecule has 2 amide bonds. The molecule has 0 bridgehead atoms. The first kappa shape index (κ1) is 18.3. The largest absolute Gasteiger partial charge is 0.497 e. The Morgan fingerprint density at radius 1 is 0.960 bits per heavy atom. The number of carbonyl (C=O) groups is 2. The number of amides is 2. The number of anilines is 2. The quantitative estimate of drug-likeness (QED) is 0.820. The van der Waals surface area contributed by atoms with Crippen LogP contribution in [-0.4, -0.2) is 33.0 Å². The zero-order chi connectivity index (χ0) is 18.4. The van der Waals surface area contributed by atoms with Crippen molar-refractivity contribution in [2.45, 2.75) is 13.0 Å². The number of nitrogens with one attached hydrogen (secondary N) is 2. The molecule has 0 saturated heterocycles. The van der Waals surface area contributed by atoms with Crippen molar-refractivity contribution in [1.29, 1.82) is 0 Å². The summed E-state index contributed by atoms with van der Waals surface area (Å²) in [5.41, 5.74) is 2.47. The van der Waals surface area contributed by atoms with Crippen molar-refractivity contribution >= 4 is 23.2 Å². The predicted octanol–water partition coefficient (Wildman–Crippen LogP) is 2.58. The average molecular weight is 341 g/mol. The van der Waals surface area contributed by atoms with E-state index < -0.39 is 11.8 Å². The first-order valence-electron chi connectivity index (χ1n) is 7.94. The number of carbonyl (C=O) groups excluding carboxylic acids is 2. The molecule has 0 aliphatic rings. The lowest BCUT2D eigenvalue weighted by molar-refractivity contribution is -0.136. The van der Waals surface area contributed by atoms with Gasteiger partial charge in [0.2, 0.25) is 0 Å². The summed E-state index contributed by atoms with van der Waals surface area (Å²) in [4.78, 5) is 26.1. The van der Waals surface area contributed by atoms with Gasteiger partial charge in [0.15, 0.2) is 0 Å². The molecule has 2 N–H and O–H groups in total. The molecule has 0 aromatic heterocycles. The maximum atomic E-state index is 12.1. The van der Waals surface area contributed by atoms with Crippen molar-refractivity contribution in [3.05, 3.63) is 54.1 Å². The van der Waals surface area contributed by atoms with Gasteiger partial charge in [-0.05, 0) is 48.9 Å². The van der Waals surface area contributed by atoms with E-state index in [4.69, 9.17) is 4.74 Å². The lowest BCUT2D eigenvalue weighted by Crippen LogP contribution is -2.36. The number of hydrogen-bond acceptors (Lipinski definition) is 4. The lowest BCUT2D eigenvalue weighted by Gasteiger charge is -2.15. The summed E-state index contributed by atoms with van der Waals surface area (Å²) >= 11 is 0. The third kappa shape index (κ3) is 4.97. The van der Waals surface area contributed by atoms with E-state index in [0.29, 0.717) is 5.69 Å². The molecule has 0 heterocycles. The molecule has 0 aliphatic heterocycles. The van der Waals surface area contributed by atoms with Gasteiger partial charge >= 0.3 is 11.8 Å². The van der Waals surface area contributed by atoms with Crippen LogP contribution in [-0.2, 0) is 9.59 Å². The summed E-state index contributed by atoms with van der Waals surface area (Å²) in [6.07, 6.45) is 0. The van der Waals surface area contributed by atoms with Crippen molar-refractivity contribution in [1.82, 2.24) is 5.32 Å². The van der Waals surface area contributed by atoms with E-state index >= 15 is 0 Å². The minimum atomic E-state index is -0.696. The first-order valence-corrected chi connectivity index (χ1v) is 7.94. The highest BCUT2D eigenvalue weighted by Gasteiger charge is 2.17. The molecule has 2 aromatic carbocycles. The highest BCUT2D eigenvalue weighted by Crippen LogP contribution is 2.18. The fraction of sp³-hybridized carbons (Fsp3) is 0.263. The molecule has 2 aromatic rings. The van der Waals surface area contributed by atoms with Crippen LogP contribution in [0.3, 0.4) is 0 Å². The monoisotopic (exact) mass is 341 g/mol. The molecule has 1 unspecified atom stereocenters. The van der Waals surface area contributed by atoms with Crippen LogP contribution < -0.4 is 20.3 Å². The van der Waals surface area contributed by atoms with E-state index in [2.05, 4.69) is 10.6 Å². The van der Waals surface area contributed by atoms with Gasteiger partial charge in [0.25, 0.3) is 0 Å². The zero-order valence-electron chi connectivity index (χ0n) is 14.9. The number of methoxy groups -OCH3 is 1. The Hall–Kier alpha value is -3.02. The molecule has 6 nitrogen and oxygen atoms in total. The van der Waals surface area contributed by atoms with Crippen molar-refractivity contribution in [2.75, 3.05) is 31.4 Å². The fourth-order valence-corrected chi connectivity index (χ4v) is 2.27. The van der Waals surface area contributed by atoms with Gasteiger partial charge in [-0.2, -0.15) is 0 Å². The molecule has 0 radical (unpaired) electrons. The number of rotatable bonds is 5. The summed E-state index contributed by atoms with van der Waals surface area (Å²) in [7, 11) is 5.46. The lowest BCUT2D eigenvalue weighted by atomic mass is 10.1. The number of ether oxygens (including phenoxy) is 1. The van der Waals surface area contributed by atoms with Gasteiger partial charge < -0.3 is 20.3 Å². The van der Waals surface area contributed by atoms with Gasteiger partial charge in [0.05, 0.1) is 13.2 Å².